The van der Waals surface area contributed by atoms with Crippen molar-refractivity contribution < 1.29 is 8.78 Å². The molecule has 0 aliphatic heterocycles. The summed E-state index contributed by atoms with van der Waals surface area (Å²) in [5.74, 6) is -0.371. The maximum Gasteiger partial charge on any atom is 0.149 e. The monoisotopic (exact) mass is 278 g/mol. The van der Waals surface area contributed by atoms with E-state index in [2.05, 4.69) is 27.5 Å². The molecule has 1 aromatic carbocycles. The zero-order valence-electron chi connectivity index (χ0n) is 11.2. The number of unbranched alkanes of at least 4 members (excludes halogenated alkanes) is 1. The summed E-state index contributed by atoms with van der Waals surface area (Å²) in [7, 11) is 0. The fourth-order valence-corrected chi connectivity index (χ4v) is 1.66. The number of halogens is 2. The zero-order chi connectivity index (χ0) is 14.4. The lowest BCUT2D eigenvalue weighted by Crippen LogP contribution is -2.05. The van der Waals surface area contributed by atoms with Gasteiger partial charge in [-0.05, 0) is 18.6 Å². The first-order valence-corrected chi connectivity index (χ1v) is 6.47. The lowest BCUT2D eigenvalue weighted by molar-refractivity contribution is 0.590. The van der Waals surface area contributed by atoms with Crippen LogP contribution in [0.25, 0.3) is 0 Å². The summed E-state index contributed by atoms with van der Waals surface area (Å²) in [6.07, 6.45) is 3.44. The van der Waals surface area contributed by atoms with Crippen LogP contribution in [0.4, 0.5) is 26.1 Å². The van der Waals surface area contributed by atoms with Crippen molar-refractivity contribution in [3.05, 3.63) is 42.2 Å². The van der Waals surface area contributed by atoms with Gasteiger partial charge in [-0.1, -0.05) is 19.4 Å². The van der Waals surface area contributed by atoms with Gasteiger partial charge in [0.15, 0.2) is 0 Å². The second-order valence-corrected chi connectivity index (χ2v) is 4.29. The van der Waals surface area contributed by atoms with Crippen molar-refractivity contribution in [1.82, 2.24) is 9.97 Å². The molecule has 0 saturated carbocycles. The lowest BCUT2D eigenvalue weighted by atomic mass is 10.3. The van der Waals surface area contributed by atoms with E-state index < -0.39 is 11.6 Å². The Balaban J connectivity index is 2.11. The summed E-state index contributed by atoms with van der Waals surface area (Å²) < 4.78 is 27.0. The molecule has 0 fully saturated rings. The molecule has 1 heterocycles. The Kier molecular flexibility index (Phi) is 4.81. The fourth-order valence-electron chi connectivity index (χ4n) is 1.66. The molecule has 2 aromatic rings. The van der Waals surface area contributed by atoms with E-state index in [1.165, 1.54) is 24.5 Å². The van der Waals surface area contributed by atoms with E-state index in [0.717, 1.165) is 19.4 Å². The van der Waals surface area contributed by atoms with Crippen LogP contribution in [0.1, 0.15) is 19.8 Å². The minimum atomic E-state index is -0.663. The minimum absolute atomic E-state index is 0.217. The molecule has 0 atom stereocenters. The molecule has 0 unspecified atom stereocenters. The highest BCUT2D eigenvalue weighted by Crippen LogP contribution is 2.22. The van der Waals surface area contributed by atoms with Crippen LogP contribution in [0, 0.1) is 11.6 Å². The molecule has 2 N–H and O–H groups in total. The first-order chi connectivity index (χ1) is 9.70. The molecule has 0 bridgehead atoms. The number of nitrogens with one attached hydrogen (secondary N) is 2. The van der Waals surface area contributed by atoms with Gasteiger partial charge >= 0.3 is 0 Å². The van der Waals surface area contributed by atoms with Gasteiger partial charge in [0, 0.05) is 12.6 Å². The molecular formula is C14H16F2N4. The normalized spacial score (nSPS) is 10.3. The molecule has 0 radical (unpaired) electrons. The van der Waals surface area contributed by atoms with Gasteiger partial charge in [0.2, 0.25) is 0 Å². The third kappa shape index (κ3) is 3.63. The Morgan fingerprint density at radius 3 is 2.50 bits per heavy atom. The quantitative estimate of drug-likeness (QED) is 0.791. The molecule has 4 nitrogen and oxygen atoms in total. The average molecular weight is 278 g/mol. The molecular weight excluding hydrogens is 262 g/mol. The maximum absolute atomic E-state index is 13.5. The van der Waals surface area contributed by atoms with Gasteiger partial charge < -0.3 is 10.6 Å². The molecule has 0 aliphatic carbocycles. The maximum atomic E-state index is 13.5. The van der Waals surface area contributed by atoms with Crippen LogP contribution in [-0.4, -0.2) is 16.5 Å². The summed E-state index contributed by atoms with van der Waals surface area (Å²) in [5, 5.41) is 5.75. The van der Waals surface area contributed by atoms with Crippen molar-refractivity contribution >= 4 is 17.3 Å². The number of nitrogens with zero attached hydrogens (tertiary/aromatic N) is 2. The molecule has 0 aliphatic rings. The number of anilines is 3. The number of para-hydroxylation sites is 1. The zero-order valence-corrected chi connectivity index (χ0v) is 11.2. The van der Waals surface area contributed by atoms with Crippen LogP contribution in [0.2, 0.25) is 0 Å². The summed E-state index contributed by atoms with van der Waals surface area (Å²) in [6, 6.07) is 5.30. The van der Waals surface area contributed by atoms with Crippen molar-refractivity contribution in [2.75, 3.05) is 17.2 Å². The molecule has 0 spiro atoms. The van der Waals surface area contributed by atoms with Crippen LogP contribution >= 0.6 is 0 Å². The van der Waals surface area contributed by atoms with E-state index in [4.69, 9.17) is 0 Å². The predicted octanol–water partition coefficient (Wildman–Crippen LogP) is 3.71. The molecule has 0 amide bonds. The molecule has 106 valence electrons. The van der Waals surface area contributed by atoms with Crippen molar-refractivity contribution in [2.45, 2.75) is 19.8 Å². The van der Waals surface area contributed by atoms with E-state index in [1.807, 2.05) is 0 Å². The third-order valence-electron chi connectivity index (χ3n) is 2.72. The third-order valence-corrected chi connectivity index (χ3v) is 2.72. The van der Waals surface area contributed by atoms with Crippen molar-refractivity contribution in [2.24, 2.45) is 0 Å². The topological polar surface area (TPSA) is 49.8 Å². The Morgan fingerprint density at radius 2 is 1.80 bits per heavy atom. The van der Waals surface area contributed by atoms with E-state index in [9.17, 15) is 8.78 Å². The number of benzene rings is 1. The Bertz CT molecular complexity index is 555. The predicted molar refractivity (Wildman–Crippen MR) is 75.1 cm³/mol. The van der Waals surface area contributed by atoms with Crippen molar-refractivity contribution in [3.63, 3.8) is 0 Å². The first kappa shape index (κ1) is 14.2. The van der Waals surface area contributed by atoms with Gasteiger partial charge in [0.1, 0.15) is 35.3 Å². The highest BCUT2D eigenvalue weighted by Gasteiger charge is 2.09. The van der Waals surface area contributed by atoms with Crippen LogP contribution in [0.3, 0.4) is 0 Å². The minimum Gasteiger partial charge on any atom is -0.370 e. The van der Waals surface area contributed by atoms with Gasteiger partial charge in [0.05, 0.1) is 0 Å². The Hall–Kier alpha value is -2.24. The van der Waals surface area contributed by atoms with E-state index in [0.29, 0.717) is 11.6 Å². The van der Waals surface area contributed by atoms with Crippen LogP contribution < -0.4 is 10.6 Å². The van der Waals surface area contributed by atoms with E-state index in [-0.39, 0.29) is 5.69 Å². The van der Waals surface area contributed by atoms with Gasteiger partial charge in [0.25, 0.3) is 0 Å². The SMILES string of the molecule is CCCCNc1cc(Nc2c(F)cccc2F)ncn1. The van der Waals surface area contributed by atoms with Crippen LogP contribution in [-0.2, 0) is 0 Å². The van der Waals surface area contributed by atoms with Gasteiger partial charge in [-0.25, -0.2) is 18.7 Å². The first-order valence-electron chi connectivity index (χ1n) is 6.47. The number of rotatable bonds is 6. The standard InChI is InChI=1S/C14H16F2N4/c1-2-3-7-17-12-8-13(19-9-18-12)20-14-10(15)5-4-6-11(14)16/h4-6,8-9H,2-3,7H2,1H3,(H2,17,18,19,20). The van der Waals surface area contributed by atoms with Gasteiger partial charge in [-0.15, -0.1) is 0 Å². The molecule has 2 rings (SSSR count). The summed E-state index contributed by atoms with van der Waals surface area (Å²) in [5.41, 5.74) is -0.217. The van der Waals surface area contributed by atoms with Gasteiger partial charge in [-0.3, -0.25) is 0 Å². The Labute approximate surface area is 116 Å². The second-order valence-electron chi connectivity index (χ2n) is 4.29. The highest BCUT2D eigenvalue weighted by molar-refractivity contribution is 5.59. The number of hydrogen-bond donors (Lipinski definition) is 2. The molecule has 20 heavy (non-hydrogen) atoms. The summed E-state index contributed by atoms with van der Waals surface area (Å²) >= 11 is 0. The second kappa shape index (κ2) is 6.79. The summed E-state index contributed by atoms with van der Waals surface area (Å²) in [4.78, 5) is 8.00. The largest absolute Gasteiger partial charge is 0.370 e. The molecule has 1 aromatic heterocycles. The van der Waals surface area contributed by atoms with Gasteiger partial charge in [-0.2, -0.15) is 0 Å². The van der Waals surface area contributed by atoms with E-state index >= 15 is 0 Å². The number of hydrogen-bond acceptors (Lipinski definition) is 4. The van der Waals surface area contributed by atoms with Crippen LogP contribution in [0.15, 0.2) is 30.6 Å². The smallest absolute Gasteiger partial charge is 0.149 e. The van der Waals surface area contributed by atoms with Crippen molar-refractivity contribution in [3.8, 4) is 0 Å². The Morgan fingerprint density at radius 1 is 1.10 bits per heavy atom. The van der Waals surface area contributed by atoms with E-state index in [1.54, 1.807) is 6.07 Å². The van der Waals surface area contributed by atoms with Crippen molar-refractivity contribution in [1.29, 1.82) is 0 Å². The average Bonchev–Trinajstić information content (AvgIpc) is 2.44. The lowest BCUT2D eigenvalue weighted by Gasteiger charge is -2.09. The summed E-state index contributed by atoms with van der Waals surface area (Å²) in [6.45, 7) is 2.89. The number of aromatic nitrogens is 2. The van der Waals surface area contributed by atoms with Crippen LogP contribution in [0.5, 0.6) is 0 Å². The highest BCUT2D eigenvalue weighted by atomic mass is 19.1. The molecule has 6 heteroatoms. The fraction of sp³-hybridized carbons (Fsp3) is 0.286. The molecule has 0 saturated heterocycles.